The number of amides is 1. The number of carboxylic acid groups (broad SMARTS) is 1. The number of hydrogen-bond donors (Lipinski definition) is 2. The highest BCUT2D eigenvalue weighted by molar-refractivity contribution is 5.98. The van der Waals surface area contributed by atoms with Gasteiger partial charge in [0.25, 0.3) is 5.91 Å². The van der Waals surface area contributed by atoms with E-state index in [-0.39, 0.29) is 5.91 Å². The minimum atomic E-state index is -1.17. The van der Waals surface area contributed by atoms with E-state index in [0.717, 1.165) is 25.7 Å². The van der Waals surface area contributed by atoms with Gasteiger partial charge in [-0.15, -0.1) is 0 Å². The first kappa shape index (κ1) is 18.3. The van der Waals surface area contributed by atoms with Crippen molar-refractivity contribution >= 4 is 11.9 Å². The van der Waals surface area contributed by atoms with Crippen molar-refractivity contribution in [2.45, 2.75) is 44.1 Å². The standard InChI is InChI=1S/C18H25NO5/c1-23-11-12-24-15-8-6-7-14(13-15)16(20)19-18(17(21)22)9-4-2-3-5-10-18/h6-8,13H,2-5,9-12H2,1H3,(H,19,20)(H,21,22). The Hall–Kier alpha value is -2.08. The molecule has 1 aromatic carbocycles. The van der Waals surface area contributed by atoms with Gasteiger partial charge in [0.15, 0.2) is 0 Å². The van der Waals surface area contributed by atoms with Crippen LogP contribution in [-0.2, 0) is 9.53 Å². The molecule has 1 aliphatic rings. The van der Waals surface area contributed by atoms with Crippen molar-refractivity contribution in [3.63, 3.8) is 0 Å². The van der Waals surface area contributed by atoms with Gasteiger partial charge in [0.1, 0.15) is 17.9 Å². The highest BCUT2D eigenvalue weighted by Crippen LogP contribution is 2.28. The fourth-order valence-electron chi connectivity index (χ4n) is 2.98. The highest BCUT2D eigenvalue weighted by atomic mass is 16.5. The zero-order valence-electron chi connectivity index (χ0n) is 14.0. The predicted molar refractivity (Wildman–Crippen MR) is 89.3 cm³/mol. The highest BCUT2D eigenvalue weighted by Gasteiger charge is 2.40. The van der Waals surface area contributed by atoms with E-state index in [1.165, 1.54) is 0 Å². The van der Waals surface area contributed by atoms with Crippen LogP contribution in [0.1, 0.15) is 48.9 Å². The van der Waals surface area contributed by atoms with Crippen LogP contribution in [-0.4, -0.2) is 42.8 Å². The van der Waals surface area contributed by atoms with E-state index >= 15 is 0 Å². The molecule has 132 valence electrons. The zero-order valence-corrected chi connectivity index (χ0v) is 14.0. The number of carbonyl (C=O) groups is 2. The minimum Gasteiger partial charge on any atom is -0.491 e. The molecule has 0 heterocycles. The summed E-state index contributed by atoms with van der Waals surface area (Å²) in [5.41, 5.74) is -0.768. The third-order valence-electron chi connectivity index (χ3n) is 4.37. The summed E-state index contributed by atoms with van der Waals surface area (Å²) in [5.74, 6) is -0.772. The summed E-state index contributed by atoms with van der Waals surface area (Å²) >= 11 is 0. The first-order valence-corrected chi connectivity index (χ1v) is 8.35. The number of methoxy groups -OCH3 is 1. The Kier molecular flexibility index (Phi) is 6.61. The molecule has 0 bridgehead atoms. The number of carbonyl (C=O) groups excluding carboxylic acids is 1. The molecule has 1 aromatic rings. The molecular weight excluding hydrogens is 310 g/mol. The zero-order chi connectivity index (χ0) is 17.4. The van der Waals surface area contributed by atoms with E-state index in [1.807, 2.05) is 0 Å². The van der Waals surface area contributed by atoms with Gasteiger partial charge < -0.3 is 19.9 Å². The molecule has 24 heavy (non-hydrogen) atoms. The molecule has 1 fully saturated rings. The van der Waals surface area contributed by atoms with E-state index in [4.69, 9.17) is 9.47 Å². The van der Waals surface area contributed by atoms with E-state index in [1.54, 1.807) is 31.4 Å². The van der Waals surface area contributed by atoms with Crippen LogP contribution in [0.5, 0.6) is 5.75 Å². The van der Waals surface area contributed by atoms with E-state index < -0.39 is 11.5 Å². The van der Waals surface area contributed by atoms with Crippen molar-refractivity contribution < 1.29 is 24.2 Å². The molecule has 0 radical (unpaired) electrons. The summed E-state index contributed by atoms with van der Waals surface area (Å²) in [6, 6.07) is 6.75. The van der Waals surface area contributed by atoms with Crippen molar-refractivity contribution in [2.24, 2.45) is 0 Å². The molecule has 0 unspecified atom stereocenters. The molecule has 0 saturated heterocycles. The maximum absolute atomic E-state index is 12.6. The van der Waals surface area contributed by atoms with E-state index in [0.29, 0.717) is 37.4 Å². The lowest BCUT2D eigenvalue weighted by Gasteiger charge is -2.29. The molecule has 1 amide bonds. The van der Waals surface area contributed by atoms with Crippen LogP contribution in [0.2, 0.25) is 0 Å². The Labute approximate surface area is 142 Å². The predicted octanol–water partition coefficient (Wildman–Crippen LogP) is 2.62. The normalized spacial score (nSPS) is 16.9. The van der Waals surface area contributed by atoms with Crippen LogP contribution in [0, 0.1) is 0 Å². The Bertz CT molecular complexity index is 564. The molecule has 1 aliphatic carbocycles. The average Bonchev–Trinajstić information content (AvgIpc) is 2.82. The number of nitrogens with one attached hydrogen (secondary N) is 1. The van der Waals surface area contributed by atoms with Crippen molar-refractivity contribution in [3.05, 3.63) is 29.8 Å². The quantitative estimate of drug-likeness (QED) is 0.591. The van der Waals surface area contributed by atoms with Gasteiger partial charge in [-0.1, -0.05) is 31.7 Å². The summed E-state index contributed by atoms with van der Waals surface area (Å²) in [4.78, 5) is 24.3. The SMILES string of the molecule is COCCOc1cccc(C(=O)NC2(C(=O)O)CCCCCC2)c1. The molecule has 0 aromatic heterocycles. The first-order chi connectivity index (χ1) is 11.6. The molecule has 0 aliphatic heterocycles. The third-order valence-corrected chi connectivity index (χ3v) is 4.37. The largest absolute Gasteiger partial charge is 0.491 e. The monoisotopic (exact) mass is 335 g/mol. The summed E-state index contributed by atoms with van der Waals surface area (Å²) < 4.78 is 10.4. The lowest BCUT2D eigenvalue weighted by atomic mass is 9.90. The Morgan fingerprint density at radius 1 is 1.17 bits per heavy atom. The van der Waals surface area contributed by atoms with E-state index in [9.17, 15) is 14.7 Å². The number of aliphatic carboxylic acids is 1. The summed E-state index contributed by atoms with van der Waals surface area (Å²) in [5, 5.41) is 12.4. The number of benzene rings is 1. The van der Waals surface area contributed by atoms with Crippen LogP contribution in [0.4, 0.5) is 0 Å². The number of rotatable bonds is 7. The van der Waals surface area contributed by atoms with Gasteiger partial charge in [-0.2, -0.15) is 0 Å². The summed E-state index contributed by atoms with van der Waals surface area (Å²) in [6.07, 6.45) is 4.58. The van der Waals surface area contributed by atoms with Crippen LogP contribution in [0.3, 0.4) is 0 Å². The van der Waals surface area contributed by atoms with Gasteiger partial charge in [0.05, 0.1) is 6.61 Å². The van der Waals surface area contributed by atoms with Gasteiger partial charge in [-0.25, -0.2) is 4.79 Å². The van der Waals surface area contributed by atoms with Gasteiger partial charge in [0, 0.05) is 12.7 Å². The van der Waals surface area contributed by atoms with Gasteiger partial charge in [0.2, 0.25) is 0 Å². The topological polar surface area (TPSA) is 84.9 Å². The minimum absolute atomic E-state index is 0.378. The Morgan fingerprint density at radius 2 is 1.88 bits per heavy atom. The number of ether oxygens (including phenoxy) is 2. The molecule has 0 spiro atoms. The Balaban J connectivity index is 2.09. The maximum atomic E-state index is 12.6. The third kappa shape index (κ3) is 4.71. The summed E-state index contributed by atoms with van der Waals surface area (Å²) in [6.45, 7) is 0.846. The smallest absolute Gasteiger partial charge is 0.329 e. The molecule has 6 nitrogen and oxygen atoms in total. The molecule has 1 saturated carbocycles. The Morgan fingerprint density at radius 3 is 2.50 bits per heavy atom. The first-order valence-electron chi connectivity index (χ1n) is 8.35. The molecule has 2 rings (SSSR count). The van der Waals surface area contributed by atoms with Crippen molar-refractivity contribution in [1.29, 1.82) is 0 Å². The van der Waals surface area contributed by atoms with Gasteiger partial charge in [-0.3, -0.25) is 4.79 Å². The fourth-order valence-corrected chi connectivity index (χ4v) is 2.98. The maximum Gasteiger partial charge on any atom is 0.329 e. The second-order valence-electron chi connectivity index (χ2n) is 6.12. The fraction of sp³-hybridized carbons (Fsp3) is 0.556. The van der Waals surface area contributed by atoms with Gasteiger partial charge in [-0.05, 0) is 31.0 Å². The van der Waals surface area contributed by atoms with Crippen molar-refractivity contribution in [2.75, 3.05) is 20.3 Å². The second-order valence-corrected chi connectivity index (χ2v) is 6.12. The molecule has 0 atom stereocenters. The van der Waals surface area contributed by atoms with Gasteiger partial charge >= 0.3 is 5.97 Å². The lowest BCUT2D eigenvalue weighted by Crippen LogP contribution is -2.54. The number of hydrogen-bond acceptors (Lipinski definition) is 4. The molecule has 2 N–H and O–H groups in total. The molecular formula is C18H25NO5. The number of carboxylic acids is 1. The van der Waals surface area contributed by atoms with Crippen molar-refractivity contribution in [1.82, 2.24) is 5.32 Å². The van der Waals surface area contributed by atoms with Crippen LogP contribution in [0.15, 0.2) is 24.3 Å². The van der Waals surface area contributed by atoms with Crippen molar-refractivity contribution in [3.8, 4) is 5.75 Å². The molecule has 6 heteroatoms. The van der Waals surface area contributed by atoms with E-state index in [2.05, 4.69) is 5.32 Å². The second kappa shape index (κ2) is 8.68. The van der Waals surface area contributed by atoms with Crippen LogP contribution >= 0.6 is 0 Å². The lowest BCUT2D eigenvalue weighted by molar-refractivity contribution is -0.145. The van der Waals surface area contributed by atoms with Crippen LogP contribution < -0.4 is 10.1 Å². The average molecular weight is 335 g/mol. The van der Waals surface area contributed by atoms with Crippen LogP contribution in [0.25, 0.3) is 0 Å². The summed E-state index contributed by atoms with van der Waals surface area (Å²) in [7, 11) is 1.59.